The lowest BCUT2D eigenvalue weighted by atomic mass is 10.2. The quantitative estimate of drug-likeness (QED) is 0.856. The van der Waals surface area contributed by atoms with Crippen LogP contribution in [0.25, 0.3) is 0 Å². The summed E-state index contributed by atoms with van der Waals surface area (Å²) in [4.78, 5) is 0.201. The van der Waals surface area contributed by atoms with Gasteiger partial charge in [0.05, 0.1) is 17.1 Å². The lowest BCUT2D eigenvalue weighted by Gasteiger charge is -2.29. The maximum atomic E-state index is 12.7. The van der Waals surface area contributed by atoms with Crippen LogP contribution in [0, 0.1) is 6.61 Å². The van der Waals surface area contributed by atoms with E-state index in [-0.39, 0.29) is 11.4 Å². The van der Waals surface area contributed by atoms with E-state index in [9.17, 15) is 8.42 Å². The summed E-state index contributed by atoms with van der Waals surface area (Å²) in [6.45, 7) is 1.64. The van der Waals surface area contributed by atoms with Gasteiger partial charge in [-0.05, 0) is 36.4 Å². The van der Waals surface area contributed by atoms with Crippen LogP contribution in [-0.4, -0.2) is 15.0 Å². The Kier molecular flexibility index (Phi) is 3.31. The standard InChI is InChI=1S/C14H11ClNO3S/c15-11-5-7-12(8-6-11)20(17,18)16-9-10-19-14-4-2-1-3-13(14)16/h1-8,10H,9H2. The van der Waals surface area contributed by atoms with Gasteiger partial charge in [-0.15, -0.1) is 0 Å². The van der Waals surface area contributed by atoms with E-state index in [4.69, 9.17) is 16.3 Å². The van der Waals surface area contributed by atoms with Gasteiger partial charge in [-0.2, -0.15) is 0 Å². The number of hydrogen-bond acceptors (Lipinski definition) is 3. The van der Waals surface area contributed by atoms with Gasteiger partial charge in [0, 0.05) is 5.02 Å². The zero-order valence-electron chi connectivity index (χ0n) is 10.4. The molecule has 3 rings (SSSR count). The molecule has 0 bridgehead atoms. The maximum Gasteiger partial charge on any atom is 0.264 e. The summed E-state index contributed by atoms with van der Waals surface area (Å²) < 4.78 is 32.0. The van der Waals surface area contributed by atoms with Crippen molar-refractivity contribution in [3.63, 3.8) is 0 Å². The summed E-state index contributed by atoms with van der Waals surface area (Å²) >= 11 is 5.79. The van der Waals surface area contributed by atoms with Crippen molar-refractivity contribution >= 4 is 27.3 Å². The Morgan fingerprint density at radius 2 is 1.75 bits per heavy atom. The number of para-hydroxylation sites is 2. The van der Waals surface area contributed by atoms with Crippen LogP contribution in [0.3, 0.4) is 0 Å². The number of hydrogen-bond donors (Lipinski definition) is 0. The zero-order valence-corrected chi connectivity index (χ0v) is 11.9. The molecular weight excluding hydrogens is 298 g/mol. The third-order valence-corrected chi connectivity index (χ3v) is 5.03. The molecule has 2 aromatic carbocycles. The third kappa shape index (κ3) is 2.23. The second-order valence-electron chi connectivity index (χ2n) is 4.24. The normalized spacial score (nSPS) is 14.6. The Balaban J connectivity index is 2.07. The van der Waals surface area contributed by atoms with E-state index in [1.165, 1.54) is 23.0 Å². The van der Waals surface area contributed by atoms with Crippen molar-refractivity contribution in [2.45, 2.75) is 4.90 Å². The fourth-order valence-corrected chi connectivity index (χ4v) is 3.54. The van der Waals surface area contributed by atoms with Crippen LogP contribution in [0.15, 0.2) is 53.4 Å². The van der Waals surface area contributed by atoms with Crippen LogP contribution in [-0.2, 0) is 10.0 Å². The lowest BCUT2D eigenvalue weighted by molar-refractivity contribution is 0.392. The number of anilines is 1. The highest BCUT2D eigenvalue weighted by Crippen LogP contribution is 2.35. The van der Waals surface area contributed by atoms with Crippen molar-refractivity contribution in [1.29, 1.82) is 0 Å². The summed E-state index contributed by atoms with van der Waals surface area (Å²) in [6, 6.07) is 13.1. The Hall–Kier alpha value is -1.72. The molecule has 0 aliphatic carbocycles. The number of benzene rings is 2. The van der Waals surface area contributed by atoms with Crippen LogP contribution < -0.4 is 9.04 Å². The minimum Gasteiger partial charge on any atom is -0.482 e. The van der Waals surface area contributed by atoms with Gasteiger partial charge in [0.1, 0.15) is 5.75 Å². The summed E-state index contributed by atoms with van der Waals surface area (Å²) in [5.74, 6) is 0.524. The molecule has 0 atom stereocenters. The van der Waals surface area contributed by atoms with E-state index in [1.807, 2.05) is 0 Å². The van der Waals surface area contributed by atoms with Crippen molar-refractivity contribution < 1.29 is 13.2 Å². The second kappa shape index (κ2) is 5.00. The van der Waals surface area contributed by atoms with Crippen molar-refractivity contribution in [2.75, 3.05) is 10.8 Å². The van der Waals surface area contributed by atoms with Gasteiger partial charge in [0.25, 0.3) is 10.0 Å². The number of rotatable bonds is 2. The first-order valence-corrected chi connectivity index (χ1v) is 7.76. The molecule has 0 N–H and O–H groups in total. The average molecular weight is 309 g/mol. The molecule has 1 aliphatic heterocycles. The highest BCUT2D eigenvalue weighted by molar-refractivity contribution is 7.92. The minimum absolute atomic E-state index is 0.169. The first-order chi connectivity index (χ1) is 9.59. The highest BCUT2D eigenvalue weighted by atomic mass is 35.5. The molecule has 6 heteroatoms. The van der Waals surface area contributed by atoms with Crippen molar-refractivity contribution in [2.24, 2.45) is 0 Å². The molecule has 0 saturated heterocycles. The first kappa shape index (κ1) is 13.3. The van der Waals surface area contributed by atoms with E-state index in [0.29, 0.717) is 16.5 Å². The van der Waals surface area contributed by atoms with Crippen molar-refractivity contribution in [3.8, 4) is 5.75 Å². The van der Waals surface area contributed by atoms with Gasteiger partial charge in [-0.3, -0.25) is 4.31 Å². The molecule has 0 fully saturated rings. The smallest absolute Gasteiger partial charge is 0.264 e. The molecule has 1 heterocycles. The van der Waals surface area contributed by atoms with E-state index in [2.05, 4.69) is 0 Å². The number of ether oxygens (including phenoxy) is 1. The Bertz CT molecular complexity index is 728. The largest absolute Gasteiger partial charge is 0.482 e. The van der Waals surface area contributed by atoms with Gasteiger partial charge < -0.3 is 4.74 Å². The fraction of sp³-hybridized carbons (Fsp3) is 0.0714. The molecule has 1 radical (unpaired) electrons. The summed E-state index contributed by atoms with van der Waals surface area (Å²) in [7, 11) is -3.63. The fourth-order valence-electron chi connectivity index (χ4n) is 2.02. The predicted molar refractivity (Wildman–Crippen MR) is 77.4 cm³/mol. The molecule has 0 amide bonds. The molecule has 0 spiro atoms. The molecule has 0 saturated carbocycles. The molecular formula is C14H11ClNO3S. The molecule has 0 unspecified atom stereocenters. The Labute approximate surface area is 122 Å². The van der Waals surface area contributed by atoms with Crippen LogP contribution in [0.4, 0.5) is 5.69 Å². The Morgan fingerprint density at radius 3 is 2.50 bits per heavy atom. The zero-order chi connectivity index (χ0) is 14.2. The van der Waals surface area contributed by atoms with E-state index < -0.39 is 10.0 Å². The van der Waals surface area contributed by atoms with Gasteiger partial charge in [-0.1, -0.05) is 23.7 Å². The number of sulfonamides is 1. The summed E-state index contributed by atoms with van der Waals surface area (Å²) in [6.07, 6.45) is 0. The molecule has 4 nitrogen and oxygen atoms in total. The highest BCUT2D eigenvalue weighted by Gasteiger charge is 2.29. The van der Waals surface area contributed by atoms with E-state index >= 15 is 0 Å². The maximum absolute atomic E-state index is 12.7. The average Bonchev–Trinajstić information content (AvgIpc) is 2.47. The van der Waals surface area contributed by atoms with Crippen LogP contribution in [0.2, 0.25) is 5.02 Å². The number of nitrogens with zero attached hydrogens (tertiary/aromatic N) is 1. The minimum atomic E-state index is -3.63. The van der Waals surface area contributed by atoms with Gasteiger partial charge in [0.15, 0.2) is 6.61 Å². The molecule has 0 aromatic heterocycles. The molecule has 2 aromatic rings. The van der Waals surface area contributed by atoms with Crippen LogP contribution in [0.5, 0.6) is 5.75 Å². The first-order valence-electron chi connectivity index (χ1n) is 5.95. The van der Waals surface area contributed by atoms with E-state index in [1.54, 1.807) is 36.4 Å². The van der Waals surface area contributed by atoms with Crippen LogP contribution in [0.1, 0.15) is 0 Å². The van der Waals surface area contributed by atoms with Crippen molar-refractivity contribution in [3.05, 3.63) is 60.2 Å². The van der Waals surface area contributed by atoms with Gasteiger partial charge in [-0.25, -0.2) is 8.42 Å². The predicted octanol–water partition coefficient (Wildman–Crippen LogP) is 3.09. The summed E-state index contributed by atoms with van der Waals surface area (Å²) in [5.41, 5.74) is 0.532. The molecule has 103 valence electrons. The lowest BCUT2D eigenvalue weighted by Crippen LogP contribution is -2.35. The molecule has 1 aliphatic rings. The van der Waals surface area contributed by atoms with Gasteiger partial charge >= 0.3 is 0 Å². The van der Waals surface area contributed by atoms with Crippen LogP contribution >= 0.6 is 11.6 Å². The second-order valence-corrected chi connectivity index (χ2v) is 6.54. The van der Waals surface area contributed by atoms with Crippen molar-refractivity contribution in [1.82, 2.24) is 0 Å². The van der Waals surface area contributed by atoms with Gasteiger partial charge in [0.2, 0.25) is 0 Å². The summed E-state index contributed by atoms with van der Waals surface area (Å²) in [5, 5.41) is 0.498. The number of halogens is 1. The van der Waals surface area contributed by atoms with E-state index in [0.717, 1.165) is 0 Å². The SMILES string of the molecule is O=S(=O)(c1ccc(Cl)cc1)N1C[CH]Oc2ccccc21. The Morgan fingerprint density at radius 1 is 1.05 bits per heavy atom. The topological polar surface area (TPSA) is 46.6 Å². The number of fused-ring (bicyclic) bond motifs is 1. The third-order valence-electron chi connectivity index (χ3n) is 2.99. The monoisotopic (exact) mass is 308 g/mol. The molecule has 20 heavy (non-hydrogen) atoms.